The van der Waals surface area contributed by atoms with Crippen LogP contribution < -0.4 is 10.7 Å². The van der Waals surface area contributed by atoms with Gasteiger partial charge in [0.2, 0.25) is 0 Å². The summed E-state index contributed by atoms with van der Waals surface area (Å²) in [5.74, 6) is -1.20. The first-order valence-corrected chi connectivity index (χ1v) is 21.4. The highest BCUT2D eigenvalue weighted by Gasteiger charge is 2.45. The number of amides is 4. The van der Waals surface area contributed by atoms with Crippen molar-refractivity contribution in [3.8, 4) is 0 Å². The van der Waals surface area contributed by atoms with Crippen LogP contribution in [0.5, 0.6) is 0 Å². The van der Waals surface area contributed by atoms with Gasteiger partial charge in [0.05, 0.1) is 24.9 Å². The van der Waals surface area contributed by atoms with Crippen molar-refractivity contribution in [2.24, 2.45) is 0 Å². The zero-order valence-electron chi connectivity index (χ0n) is 34.5. The zero-order valence-corrected chi connectivity index (χ0v) is 34.5. The fourth-order valence-electron chi connectivity index (χ4n) is 10.2. The minimum atomic E-state index is -0.652. The van der Waals surface area contributed by atoms with Crippen LogP contribution in [0.4, 0.5) is 4.79 Å². The summed E-state index contributed by atoms with van der Waals surface area (Å²) in [6, 6.07) is 24.5. The van der Waals surface area contributed by atoms with Gasteiger partial charge in [-0.15, -0.1) is 0 Å². The lowest BCUT2D eigenvalue weighted by Crippen LogP contribution is -2.58. The van der Waals surface area contributed by atoms with Gasteiger partial charge in [0.15, 0.2) is 0 Å². The number of methoxy groups -OCH3 is 1. The fraction of sp³-hybridized carbons (Fsp3) is 0.340. The number of hydrogen-bond donors (Lipinski definition) is 0. The summed E-state index contributed by atoms with van der Waals surface area (Å²) < 4.78 is 22.4. The number of hydrogen-bond acceptors (Lipinski definition) is 6. The van der Waals surface area contributed by atoms with E-state index in [2.05, 4.69) is 106 Å². The molecular weight excluding hydrogens is 753 g/mol. The second-order valence-corrected chi connectivity index (χ2v) is 16.7. The van der Waals surface area contributed by atoms with Crippen LogP contribution in [0.2, 0.25) is 0 Å². The van der Waals surface area contributed by atoms with Crippen molar-refractivity contribution >= 4 is 73.3 Å². The first-order chi connectivity index (χ1) is 29.3. The molecule has 4 aliphatic rings. The Balaban J connectivity index is 1.19. The molecule has 4 aromatic carbocycles. The van der Waals surface area contributed by atoms with E-state index in [-0.39, 0.29) is 24.4 Å². The van der Waals surface area contributed by atoms with Crippen molar-refractivity contribution in [2.75, 3.05) is 34.0 Å². The molecule has 60 heavy (non-hydrogen) atoms. The van der Waals surface area contributed by atoms with Gasteiger partial charge in [0.1, 0.15) is 5.57 Å². The van der Waals surface area contributed by atoms with Gasteiger partial charge in [0.25, 0.3) is 11.8 Å². The van der Waals surface area contributed by atoms with Crippen molar-refractivity contribution in [3.63, 3.8) is 0 Å². The van der Waals surface area contributed by atoms with Gasteiger partial charge < -0.3 is 23.3 Å². The summed E-state index contributed by atoms with van der Waals surface area (Å²) in [6.45, 7) is 4.91. The number of rotatable bonds is 9. The molecule has 10 rings (SSSR count). The maximum Gasteiger partial charge on any atom is 0.334 e. The molecular formula is C50H50N4O6. The second-order valence-electron chi connectivity index (χ2n) is 16.7. The third kappa shape index (κ3) is 6.40. The highest BCUT2D eigenvalue weighted by atomic mass is 16.5. The summed E-state index contributed by atoms with van der Waals surface area (Å²) in [4.78, 5) is 44.8. The summed E-state index contributed by atoms with van der Waals surface area (Å²) in [5, 5.41) is 9.16. The van der Waals surface area contributed by atoms with Gasteiger partial charge in [-0.1, -0.05) is 72.8 Å². The molecule has 3 aliphatic heterocycles. The van der Waals surface area contributed by atoms with Gasteiger partial charge in [-0.25, -0.2) is 4.79 Å². The van der Waals surface area contributed by atoms with E-state index >= 15 is 0 Å². The fourth-order valence-corrected chi connectivity index (χ4v) is 10.2. The smallest absolute Gasteiger partial charge is 0.334 e. The summed E-state index contributed by atoms with van der Waals surface area (Å²) >= 11 is 0. The standard InChI is InChI=1S/C50H50N4O6/c1-31(30-58-3)54-49(56)47(48(55)51(2)50(54)57)44-34(22-24-40-38-16-4-10-32-12-6-18-42(45(32)38)52(40)28-36-14-8-26-59-36)20-21-35(44)23-25-41-39-17-5-11-33-13-7-19-43(46(33)39)53(41)29-37-15-9-27-60-37/h4-7,10-13,16-19,22-25,31,36-37H,8-9,14-15,20-21,26-30H2,1-3H3/b34-22+,35-23+,40-24+,41-25+,47-44?. The molecule has 4 fully saturated rings. The van der Waals surface area contributed by atoms with E-state index in [1.165, 1.54) is 40.6 Å². The van der Waals surface area contributed by atoms with Crippen LogP contribution in [0.3, 0.4) is 0 Å². The average Bonchev–Trinajstić information content (AvgIpc) is 4.12. The molecule has 0 spiro atoms. The maximum absolute atomic E-state index is 14.7. The Morgan fingerprint density at radius 2 is 1.18 bits per heavy atom. The predicted octanol–water partition coefficient (Wildman–Crippen LogP) is 7.36. The molecule has 0 bridgehead atoms. The Bertz CT molecular complexity index is 2750. The Kier molecular flexibility index (Phi) is 10.0. The van der Waals surface area contributed by atoms with E-state index in [9.17, 15) is 14.4 Å². The van der Waals surface area contributed by atoms with Gasteiger partial charge in [-0.2, -0.15) is 0 Å². The number of allylic oxidation sites excluding steroid dienone is 5. The summed E-state index contributed by atoms with van der Waals surface area (Å²) in [6.07, 6.45) is 14.1. The molecule has 2 aromatic heterocycles. The van der Waals surface area contributed by atoms with Crippen molar-refractivity contribution in [3.05, 3.63) is 118 Å². The number of likely N-dealkylation sites (N-methyl/N-ethyl adjacent to an activating group) is 1. The van der Waals surface area contributed by atoms with E-state index in [4.69, 9.17) is 14.2 Å². The van der Waals surface area contributed by atoms with E-state index in [0.717, 1.165) is 101 Å². The molecule has 1 aliphatic carbocycles. The molecule has 0 N–H and O–H groups in total. The van der Waals surface area contributed by atoms with Crippen molar-refractivity contribution in [1.82, 2.24) is 18.9 Å². The molecule has 0 radical (unpaired) electrons. The largest absolute Gasteiger partial charge is 0.383 e. The van der Waals surface area contributed by atoms with Crippen LogP contribution in [0, 0.1) is 0 Å². The molecule has 306 valence electrons. The molecule has 6 aromatic rings. The lowest BCUT2D eigenvalue weighted by Gasteiger charge is -2.36. The number of ether oxygens (including phenoxy) is 3. The topological polar surface area (TPSA) is 95.2 Å². The normalized spacial score (nSPS) is 23.0. The van der Waals surface area contributed by atoms with Gasteiger partial charge in [0, 0.05) is 83.7 Å². The predicted molar refractivity (Wildman–Crippen MR) is 235 cm³/mol. The lowest BCUT2D eigenvalue weighted by molar-refractivity contribution is -0.137. The molecule has 10 nitrogen and oxygen atoms in total. The first-order valence-electron chi connectivity index (χ1n) is 21.4. The molecule has 3 saturated heterocycles. The van der Waals surface area contributed by atoms with Crippen molar-refractivity contribution < 1.29 is 28.6 Å². The highest BCUT2D eigenvalue weighted by molar-refractivity contribution is 6.30. The molecule has 1 saturated carbocycles. The number of barbiturate groups is 1. The summed E-state index contributed by atoms with van der Waals surface area (Å²) in [5.41, 5.74) is 4.65. The Morgan fingerprint density at radius 1 is 0.683 bits per heavy atom. The van der Waals surface area contributed by atoms with Crippen LogP contribution in [0.25, 0.3) is 55.5 Å². The number of carbonyl (C=O) groups excluding carboxylic acids is 3. The first kappa shape index (κ1) is 38.4. The molecule has 5 heterocycles. The molecule has 10 heteroatoms. The Morgan fingerprint density at radius 3 is 1.65 bits per heavy atom. The number of carbonyl (C=O) groups is 3. The van der Waals surface area contributed by atoms with Crippen molar-refractivity contribution in [2.45, 2.75) is 76.8 Å². The van der Waals surface area contributed by atoms with Crippen LogP contribution >= 0.6 is 0 Å². The Hall–Kier alpha value is -5.81. The van der Waals surface area contributed by atoms with Gasteiger partial charge in [-0.3, -0.25) is 19.4 Å². The number of nitrogens with zero attached hydrogens (tertiary/aromatic N) is 4. The van der Waals surface area contributed by atoms with E-state index < -0.39 is 23.9 Å². The SMILES string of the molecule is COCC(C)N1C(=O)C(=C2/C(=C/C=c3\c4cccc5cccc(c54)n3CC3CCCO3)CC/C2=C\C=c2/c3cccc4cccc(c43)n2CC2CCCO2)C(=O)N(C)C1=O. The van der Waals surface area contributed by atoms with Gasteiger partial charge >= 0.3 is 6.03 Å². The van der Waals surface area contributed by atoms with E-state index in [1.54, 1.807) is 6.92 Å². The lowest BCUT2D eigenvalue weighted by atomic mass is 9.94. The van der Waals surface area contributed by atoms with E-state index in [0.29, 0.717) is 18.4 Å². The zero-order chi connectivity index (χ0) is 41.1. The minimum Gasteiger partial charge on any atom is -0.383 e. The third-order valence-electron chi connectivity index (χ3n) is 13.0. The summed E-state index contributed by atoms with van der Waals surface area (Å²) in [7, 11) is 2.99. The average molecular weight is 803 g/mol. The molecule has 3 unspecified atom stereocenters. The van der Waals surface area contributed by atoms with Crippen LogP contribution in [-0.4, -0.2) is 89.0 Å². The molecule has 3 atom stereocenters. The minimum absolute atomic E-state index is 0.00731. The number of imide groups is 2. The third-order valence-corrected chi connectivity index (χ3v) is 13.0. The second kappa shape index (κ2) is 15.7. The number of benzene rings is 4. The quantitative estimate of drug-likeness (QED) is 0.112. The number of aromatic nitrogens is 2. The number of urea groups is 1. The highest BCUT2D eigenvalue weighted by Crippen LogP contribution is 2.40. The van der Waals surface area contributed by atoms with Crippen LogP contribution in [-0.2, 0) is 36.9 Å². The Labute approximate surface area is 348 Å². The van der Waals surface area contributed by atoms with Crippen LogP contribution in [0.1, 0.15) is 45.4 Å². The van der Waals surface area contributed by atoms with Crippen LogP contribution in [0.15, 0.2) is 107 Å². The van der Waals surface area contributed by atoms with Crippen molar-refractivity contribution in [1.29, 1.82) is 0 Å². The monoisotopic (exact) mass is 802 g/mol. The molecule has 4 amide bonds. The van der Waals surface area contributed by atoms with E-state index in [1.807, 2.05) is 0 Å². The maximum atomic E-state index is 14.7. The van der Waals surface area contributed by atoms with Gasteiger partial charge in [-0.05, 0) is 97.2 Å².